The first-order valence-corrected chi connectivity index (χ1v) is 16.4. The Hall–Kier alpha value is -3.58. The zero-order valence-corrected chi connectivity index (χ0v) is 24.9. The molecule has 2 aromatic heterocycles. The number of furan rings is 1. The fraction of sp³-hybridized carbons (Fsp3) is 0.382. The van der Waals surface area contributed by atoms with Gasteiger partial charge in [0.1, 0.15) is 5.76 Å². The fourth-order valence-electron chi connectivity index (χ4n) is 5.51. The van der Waals surface area contributed by atoms with Crippen molar-refractivity contribution in [1.82, 2.24) is 9.88 Å². The van der Waals surface area contributed by atoms with Gasteiger partial charge in [-0.3, -0.25) is 4.79 Å². The van der Waals surface area contributed by atoms with Gasteiger partial charge in [0.2, 0.25) is 0 Å². The lowest BCUT2D eigenvalue weighted by Gasteiger charge is -2.26. The van der Waals surface area contributed by atoms with Crippen LogP contribution in [0.1, 0.15) is 75.6 Å². The quantitative estimate of drug-likeness (QED) is 0.236. The Bertz CT molecular complexity index is 1560. The number of carbonyl (C=O) groups is 1. The Labute approximate surface area is 245 Å². The Morgan fingerprint density at radius 2 is 1.90 bits per heavy atom. The van der Waals surface area contributed by atoms with Crippen molar-refractivity contribution in [3.63, 3.8) is 0 Å². The lowest BCUT2D eigenvalue weighted by Crippen LogP contribution is -2.36. The van der Waals surface area contributed by atoms with Gasteiger partial charge in [-0.1, -0.05) is 44.2 Å². The van der Waals surface area contributed by atoms with E-state index in [4.69, 9.17) is 4.42 Å². The maximum atomic E-state index is 13.6. The molecule has 2 aliphatic carbocycles. The van der Waals surface area contributed by atoms with Crippen LogP contribution in [0.5, 0.6) is 0 Å². The average molecular weight is 575 g/mol. The van der Waals surface area contributed by atoms with E-state index in [1.54, 1.807) is 43.3 Å². The van der Waals surface area contributed by atoms with Crippen LogP contribution in [-0.4, -0.2) is 43.1 Å². The molecule has 1 aromatic carbocycles. The second kappa shape index (κ2) is 12.5. The molecule has 1 N–H and O–H groups in total. The maximum Gasteiger partial charge on any atom is 0.289 e. The minimum Gasteiger partial charge on any atom is -0.451 e. The van der Waals surface area contributed by atoms with Crippen LogP contribution in [0.3, 0.4) is 0 Å². The van der Waals surface area contributed by atoms with Gasteiger partial charge in [0.15, 0.2) is 15.6 Å². The number of rotatable bonds is 11. The summed E-state index contributed by atoms with van der Waals surface area (Å²) in [6.45, 7) is 5.10. The number of H-pyrrole nitrogens is 1. The van der Waals surface area contributed by atoms with Crippen molar-refractivity contribution in [1.29, 1.82) is 0 Å². The van der Waals surface area contributed by atoms with Gasteiger partial charge in [-0.05, 0) is 98.4 Å². The van der Waals surface area contributed by atoms with Crippen molar-refractivity contribution in [3.8, 4) is 11.3 Å². The van der Waals surface area contributed by atoms with Crippen LogP contribution in [0, 0.1) is 5.41 Å². The molecule has 5 rings (SSSR count). The van der Waals surface area contributed by atoms with Gasteiger partial charge in [0.25, 0.3) is 5.91 Å². The molecule has 41 heavy (non-hydrogen) atoms. The Kier molecular flexibility index (Phi) is 8.83. The molecule has 218 valence electrons. The number of aromatic amines is 1. The summed E-state index contributed by atoms with van der Waals surface area (Å²) in [4.78, 5) is 19.2. The van der Waals surface area contributed by atoms with E-state index < -0.39 is 9.84 Å². The molecule has 0 unspecified atom stereocenters. The molecule has 6 nitrogen and oxygen atoms in total. The zero-order valence-electron chi connectivity index (χ0n) is 24.1. The number of nitrogens with zero attached hydrogens (tertiary/aromatic N) is 1. The first kappa shape index (κ1) is 28.9. The molecule has 0 radical (unpaired) electrons. The first-order valence-electron chi connectivity index (χ1n) is 14.7. The molecule has 0 bridgehead atoms. The van der Waals surface area contributed by atoms with Crippen LogP contribution >= 0.6 is 0 Å². The van der Waals surface area contributed by atoms with Crippen molar-refractivity contribution in [2.45, 2.75) is 63.7 Å². The van der Waals surface area contributed by atoms with Gasteiger partial charge >= 0.3 is 0 Å². The molecule has 0 saturated heterocycles. The standard InChI is InChI=1S/C34H40N2O4S.H2/c1-3-24-36(33(37)32-18-17-31(40-32)27-13-15-28(16-14-27)41(38,39)4-2)25-34(21-22-34)20-9-11-26-10-7-5-6-8-12-30-29(26)19-23-35-30;/h5-6,9-11,13-19,23,35H,3-4,7-8,12,20-22,24-25H2,1-2H3;1H/b6-5+,11-9+,26-10-;. The highest BCUT2D eigenvalue weighted by Crippen LogP contribution is 2.50. The summed E-state index contributed by atoms with van der Waals surface area (Å²) in [7, 11) is -3.27. The molecule has 1 saturated carbocycles. The molecule has 3 aromatic rings. The SMILES string of the molecule is CCCN(CC1(C/C=C/C2=C/C/C=C/CCc3[nH]ccc32)CC1)C(=O)c1ccc(-c2ccc(S(=O)(=O)CC)cc2)o1.[HH]. The van der Waals surface area contributed by atoms with Crippen molar-refractivity contribution in [2.75, 3.05) is 18.8 Å². The number of carbonyl (C=O) groups excluding carboxylic acids is 1. The van der Waals surface area contributed by atoms with E-state index in [1.807, 2.05) is 11.1 Å². The molecule has 0 atom stereocenters. The Morgan fingerprint density at radius 1 is 1.10 bits per heavy atom. The highest BCUT2D eigenvalue weighted by Gasteiger charge is 2.43. The number of aromatic nitrogens is 1. The van der Waals surface area contributed by atoms with E-state index in [-0.39, 0.29) is 23.4 Å². The smallest absolute Gasteiger partial charge is 0.289 e. The zero-order chi connectivity index (χ0) is 28.9. The number of sulfone groups is 1. The van der Waals surface area contributed by atoms with Gasteiger partial charge in [-0.15, -0.1) is 0 Å². The second-order valence-corrected chi connectivity index (χ2v) is 13.5. The number of fused-ring (bicyclic) bond motifs is 1. The number of amides is 1. The second-order valence-electron chi connectivity index (χ2n) is 11.2. The van der Waals surface area contributed by atoms with Gasteiger partial charge in [0.05, 0.1) is 10.6 Å². The van der Waals surface area contributed by atoms with Crippen LogP contribution in [0.25, 0.3) is 16.9 Å². The van der Waals surface area contributed by atoms with E-state index in [2.05, 4.69) is 48.4 Å². The molecular formula is C34H42N2O4S. The third kappa shape index (κ3) is 6.84. The van der Waals surface area contributed by atoms with Crippen molar-refractivity contribution in [2.24, 2.45) is 5.41 Å². The van der Waals surface area contributed by atoms with Crippen LogP contribution in [0.15, 0.2) is 88.4 Å². The summed E-state index contributed by atoms with van der Waals surface area (Å²) < 4.78 is 30.3. The summed E-state index contributed by atoms with van der Waals surface area (Å²) in [5, 5.41) is 0. The third-order valence-corrected chi connectivity index (χ3v) is 9.90. The molecular weight excluding hydrogens is 532 g/mol. The van der Waals surface area contributed by atoms with E-state index in [0.717, 1.165) is 50.5 Å². The highest BCUT2D eigenvalue weighted by atomic mass is 32.2. The maximum absolute atomic E-state index is 13.6. The number of allylic oxidation sites excluding steroid dienone is 6. The summed E-state index contributed by atoms with van der Waals surface area (Å²) >= 11 is 0. The summed E-state index contributed by atoms with van der Waals surface area (Å²) in [5.41, 5.74) is 4.68. The van der Waals surface area contributed by atoms with Gasteiger partial charge < -0.3 is 14.3 Å². The third-order valence-electron chi connectivity index (χ3n) is 8.15. The minimum absolute atomic E-state index is 0. The molecule has 2 aliphatic rings. The lowest BCUT2D eigenvalue weighted by atomic mass is 9.98. The summed E-state index contributed by atoms with van der Waals surface area (Å²) in [6.07, 6.45) is 20.4. The Balaban J connectivity index is 0.00000405. The van der Waals surface area contributed by atoms with Crippen LogP contribution in [-0.2, 0) is 16.3 Å². The van der Waals surface area contributed by atoms with Gasteiger partial charge in [-0.25, -0.2) is 8.42 Å². The Morgan fingerprint density at radius 3 is 2.63 bits per heavy atom. The van der Waals surface area contributed by atoms with E-state index in [1.165, 1.54) is 16.8 Å². The monoisotopic (exact) mass is 574 g/mol. The molecule has 1 amide bonds. The molecule has 0 aliphatic heterocycles. The van der Waals surface area contributed by atoms with E-state index in [0.29, 0.717) is 24.6 Å². The van der Waals surface area contributed by atoms with Gasteiger partial charge in [0, 0.05) is 37.5 Å². The number of benzene rings is 1. The lowest BCUT2D eigenvalue weighted by molar-refractivity contribution is 0.0687. The molecule has 1 fully saturated rings. The van der Waals surface area contributed by atoms with E-state index >= 15 is 0 Å². The predicted molar refractivity (Wildman–Crippen MR) is 166 cm³/mol. The number of hydrogen-bond donors (Lipinski definition) is 1. The van der Waals surface area contributed by atoms with Crippen molar-refractivity contribution >= 4 is 21.3 Å². The largest absolute Gasteiger partial charge is 0.451 e. The van der Waals surface area contributed by atoms with Gasteiger partial charge in [-0.2, -0.15) is 0 Å². The highest BCUT2D eigenvalue weighted by molar-refractivity contribution is 7.91. The topological polar surface area (TPSA) is 83.4 Å². The first-order chi connectivity index (χ1) is 19.8. The minimum atomic E-state index is -3.27. The molecule has 2 heterocycles. The molecule has 0 spiro atoms. The summed E-state index contributed by atoms with van der Waals surface area (Å²) in [6, 6.07) is 12.3. The van der Waals surface area contributed by atoms with E-state index in [9.17, 15) is 13.2 Å². The number of aryl methyl sites for hydroxylation is 1. The molecule has 7 heteroatoms. The van der Waals surface area contributed by atoms with Crippen LogP contribution in [0.2, 0.25) is 0 Å². The van der Waals surface area contributed by atoms with Crippen molar-refractivity contribution < 1.29 is 19.1 Å². The number of nitrogens with one attached hydrogen (secondary N) is 1. The fourth-order valence-corrected chi connectivity index (χ4v) is 6.39. The van der Waals surface area contributed by atoms with Crippen molar-refractivity contribution in [3.05, 3.63) is 96.1 Å². The summed E-state index contributed by atoms with van der Waals surface area (Å²) in [5.74, 6) is 0.825. The van der Waals surface area contributed by atoms with Crippen LogP contribution < -0.4 is 0 Å². The number of hydrogen-bond acceptors (Lipinski definition) is 4. The predicted octanol–water partition coefficient (Wildman–Crippen LogP) is 7.87. The van der Waals surface area contributed by atoms with Crippen LogP contribution in [0.4, 0.5) is 0 Å². The average Bonchev–Trinajstić information content (AvgIpc) is 3.34. The normalized spacial score (nSPS) is 18.5.